The number of amides is 2. The summed E-state index contributed by atoms with van der Waals surface area (Å²) in [6.45, 7) is 3.57. The predicted molar refractivity (Wildman–Crippen MR) is 129 cm³/mol. The monoisotopic (exact) mass is 440 g/mol. The Morgan fingerprint density at radius 3 is 2.39 bits per heavy atom. The third-order valence-corrected chi connectivity index (χ3v) is 6.75. The molecule has 1 atom stereocenters. The fraction of sp³-hybridized carbons (Fsp3) is 0.286. The molecular weight excluding hydrogens is 412 g/mol. The van der Waals surface area contributed by atoms with Crippen LogP contribution >= 0.6 is 0 Å². The van der Waals surface area contributed by atoms with Gasteiger partial charge in [-0.2, -0.15) is 0 Å². The first-order chi connectivity index (χ1) is 16.1. The maximum Gasteiger partial charge on any atom is 0.262 e. The average Bonchev–Trinajstić information content (AvgIpc) is 2.85. The van der Waals surface area contributed by atoms with E-state index in [9.17, 15) is 9.59 Å². The molecule has 1 N–H and O–H groups in total. The number of anilines is 1. The second kappa shape index (κ2) is 9.10. The van der Waals surface area contributed by atoms with E-state index < -0.39 is 0 Å². The molecule has 1 saturated heterocycles. The van der Waals surface area contributed by atoms with Gasteiger partial charge >= 0.3 is 0 Å². The Bertz CT molecular complexity index is 1150. The molecule has 0 unspecified atom stereocenters. The van der Waals surface area contributed by atoms with Crippen LogP contribution in [-0.2, 0) is 4.79 Å². The van der Waals surface area contributed by atoms with Gasteiger partial charge in [0.25, 0.3) is 11.8 Å². The molecule has 1 fully saturated rings. The maximum atomic E-state index is 13.2. The van der Waals surface area contributed by atoms with Crippen molar-refractivity contribution in [2.75, 3.05) is 25.0 Å². The zero-order valence-electron chi connectivity index (χ0n) is 18.8. The van der Waals surface area contributed by atoms with Crippen LogP contribution in [0.15, 0.2) is 72.8 Å². The van der Waals surface area contributed by atoms with Crippen molar-refractivity contribution in [3.8, 4) is 5.75 Å². The Kier molecular flexibility index (Phi) is 5.86. The quantitative estimate of drug-likeness (QED) is 0.620. The van der Waals surface area contributed by atoms with Crippen molar-refractivity contribution >= 4 is 17.5 Å². The first kappa shape index (κ1) is 21.3. The van der Waals surface area contributed by atoms with Gasteiger partial charge in [0.2, 0.25) is 0 Å². The molecule has 33 heavy (non-hydrogen) atoms. The smallest absolute Gasteiger partial charge is 0.262 e. The Hall–Kier alpha value is -3.60. The Morgan fingerprint density at radius 2 is 1.67 bits per heavy atom. The first-order valence-corrected chi connectivity index (χ1v) is 11.6. The highest BCUT2D eigenvalue weighted by atomic mass is 16.5. The second-order valence-electron chi connectivity index (χ2n) is 8.98. The van der Waals surface area contributed by atoms with Crippen LogP contribution in [0.4, 0.5) is 5.69 Å². The van der Waals surface area contributed by atoms with Crippen LogP contribution in [0.5, 0.6) is 5.75 Å². The molecule has 168 valence electrons. The first-order valence-electron chi connectivity index (χ1n) is 11.6. The number of carbonyl (C=O) groups excluding carboxylic acids is 2. The minimum atomic E-state index is -0.198. The van der Waals surface area contributed by atoms with Crippen LogP contribution in [0.1, 0.15) is 45.8 Å². The van der Waals surface area contributed by atoms with Gasteiger partial charge in [-0.25, -0.2) is 0 Å². The number of nitrogens with one attached hydrogen (secondary N) is 1. The fourth-order valence-corrected chi connectivity index (χ4v) is 5.01. The Morgan fingerprint density at radius 1 is 0.970 bits per heavy atom. The molecule has 0 aliphatic carbocycles. The van der Waals surface area contributed by atoms with Crippen molar-refractivity contribution in [3.63, 3.8) is 0 Å². The molecule has 2 heterocycles. The SMILES string of the molecule is Cc1ccc([C@@H](c2ccccc2)C2CCN(C(=O)c3ccc4c(c3)NC(=O)CO4)CC2)cc1. The number of fused-ring (bicyclic) bond motifs is 1. The molecule has 3 aromatic rings. The summed E-state index contributed by atoms with van der Waals surface area (Å²) in [5.74, 6) is 1.20. The number of nitrogens with zero attached hydrogens (tertiary/aromatic N) is 1. The van der Waals surface area contributed by atoms with Gasteiger partial charge < -0.3 is 15.0 Å². The van der Waals surface area contributed by atoms with Crippen molar-refractivity contribution in [2.24, 2.45) is 5.92 Å². The van der Waals surface area contributed by atoms with Gasteiger partial charge in [0.15, 0.2) is 6.61 Å². The van der Waals surface area contributed by atoms with Gasteiger partial charge in [-0.05, 0) is 55.0 Å². The molecule has 2 aliphatic heterocycles. The summed E-state index contributed by atoms with van der Waals surface area (Å²) in [7, 11) is 0. The van der Waals surface area contributed by atoms with Gasteiger partial charge in [-0.15, -0.1) is 0 Å². The third-order valence-electron chi connectivity index (χ3n) is 6.75. The number of hydrogen-bond acceptors (Lipinski definition) is 3. The molecule has 0 aromatic heterocycles. The molecule has 0 bridgehead atoms. The number of rotatable bonds is 4. The molecule has 0 spiro atoms. The van der Waals surface area contributed by atoms with Crippen LogP contribution in [0.3, 0.4) is 0 Å². The zero-order valence-corrected chi connectivity index (χ0v) is 18.8. The Labute approximate surface area is 194 Å². The lowest BCUT2D eigenvalue weighted by atomic mass is 9.76. The van der Waals surface area contributed by atoms with Crippen molar-refractivity contribution in [1.82, 2.24) is 4.90 Å². The van der Waals surface area contributed by atoms with E-state index in [0.29, 0.717) is 28.8 Å². The number of aryl methyl sites for hydroxylation is 1. The summed E-state index contributed by atoms with van der Waals surface area (Å²) >= 11 is 0. The van der Waals surface area contributed by atoms with E-state index in [4.69, 9.17) is 4.74 Å². The minimum Gasteiger partial charge on any atom is -0.482 e. The number of hydrogen-bond donors (Lipinski definition) is 1. The number of likely N-dealkylation sites (tertiary alicyclic amines) is 1. The average molecular weight is 441 g/mol. The maximum absolute atomic E-state index is 13.2. The van der Waals surface area contributed by atoms with Crippen LogP contribution in [0, 0.1) is 12.8 Å². The molecule has 0 saturated carbocycles. The van der Waals surface area contributed by atoms with E-state index in [1.807, 2.05) is 4.90 Å². The van der Waals surface area contributed by atoms with Gasteiger partial charge in [-0.1, -0.05) is 60.2 Å². The van der Waals surface area contributed by atoms with E-state index in [0.717, 1.165) is 25.9 Å². The molecule has 5 nitrogen and oxygen atoms in total. The predicted octanol–water partition coefficient (Wildman–Crippen LogP) is 5.01. The zero-order chi connectivity index (χ0) is 22.8. The normalized spacial score (nSPS) is 17.0. The largest absolute Gasteiger partial charge is 0.482 e. The third kappa shape index (κ3) is 4.49. The van der Waals surface area contributed by atoms with Crippen LogP contribution in [-0.4, -0.2) is 36.4 Å². The molecule has 0 radical (unpaired) electrons. The summed E-state index contributed by atoms with van der Waals surface area (Å²) in [4.78, 5) is 26.8. The summed E-state index contributed by atoms with van der Waals surface area (Å²) in [5.41, 5.74) is 5.07. The van der Waals surface area contributed by atoms with Gasteiger partial charge in [0.05, 0.1) is 5.69 Å². The molecule has 2 aliphatic rings. The minimum absolute atomic E-state index is 0.00247. The standard InChI is InChI=1S/C28H28N2O3/c1-19-7-9-21(10-8-19)27(20-5-3-2-4-6-20)22-13-15-30(16-14-22)28(32)23-11-12-25-24(17-23)29-26(31)18-33-25/h2-12,17,22,27H,13-16,18H2,1H3,(H,29,31)/t27-/m1/s1. The summed E-state index contributed by atoms with van der Waals surface area (Å²) < 4.78 is 5.41. The van der Waals surface area contributed by atoms with E-state index >= 15 is 0 Å². The molecule has 2 amide bonds. The molecule has 5 heteroatoms. The fourth-order valence-electron chi connectivity index (χ4n) is 5.01. The second-order valence-corrected chi connectivity index (χ2v) is 8.98. The summed E-state index contributed by atoms with van der Waals surface area (Å²) in [6.07, 6.45) is 1.90. The van der Waals surface area contributed by atoms with Gasteiger partial charge in [0, 0.05) is 24.6 Å². The Balaban J connectivity index is 1.32. The van der Waals surface area contributed by atoms with E-state index in [1.165, 1.54) is 16.7 Å². The summed E-state index contributed by atoms with van der Waals surface area (Å²) in [5, 5.41) is 2.79. The van der Waals surface area contributed by atoms with Crippen molar-refractivity contribution in [3.05, 3.63) is 95.1 Å². The van der Waals surface area contributed by atoms with Crippen molar-refractivity contribution in [2.45, 2.75) is 25.7 Å². The van der Waals surface area contributed by atoms with Crippen LogP contribution in [0.25, 0.3) is 0 Å². The lowest BCUT2D eigenvalue weighted by molar-refractivity contribution is -0.118. The van der Waals surface area contributed by atoms with E-state index in [-0.39, 0.29) is 18.4 Å². The number of benzene rings is 3. The molecule has 5 rings (SSSR count). The van der Waals surface area contributed by atoms with Gasteiger partial charge in [-0.3, -0.25) is 9.59 Å². The highest BCUT2D eigenvalue weighted by molar-refractivity contribution is 5.99. The van der Waals surface area contributed by atoms with Crippen LogP contribution < -0.4 is 10.1 Å². The van der Waals surface area contributed by atoms with Crippen molar-refractivity contribution < 1.29 is 14.3 Å². The topological polar surface area (TPSA) is 58.6 Å². The lowest BCUT2D eigenvalue weighted by Gasteiger charge is -2.37. The highest BCUT2D eigenvalue weighted by Gasteiger charge is 2.31. The summed E-state index contributed by atoms with van der Waals surface area (Å²) in [6, 6.07) is 24.8. The van der Waals surface area contributed by atoms with E-state index in [2.05, 4.69) is 66.8 Å². The number of ether oxygens (including phenoxy) is 1. The number of piperidine rings is 1. The van der Waals surface area contributed by atoms with Gasteiger partial charge in [0.1, 0.15) is 5.75 Å². The van der Waals surface area contributed by atoms with Crippen molar-refractivity contribution in [1.29, 1.82) is 0 Å². The highest BCUT2D eigenvalue weighted by Crippen LogP contribution is 2.38. The molecule has 3 aromatic carbocycles. The number of carbonyl (C=O) groups is 2. The van der Waals surface area contributed by atoms with E-state index in [1.54, 1.807) is 18.2 Å². The van der Waals surface area contributed by atoms with Crippen LogP contribution in [0.2, 0.25) is 0 Å². The molecular formula is C28H28N2O3. The lowest BCUT2D eigenvalue weighted by Crippen LogP contribution is -2.40.